The van der Waals surface area contributed by atoms with E-state index >= 15 is 0 Å². The third-order valence-corrected chi connectivity index (χ3v) is 7.41. The molecule has 0 aliphatic rings. The number of nitrogens with two attached hydrogens (primary N) is 1. The maximum atomic E-state index is 14.5. The summed E-state index contributed by atoms with van der Waals surface area (Å²) < 4.78 is 29.0. The van der Waals surface area contributed by atoms with Crippen LogP contribution in [0.25, 0.3) is 0 Å². The zero-order chi connectivity index (χ0) is 16.8. The van der Waals surface area contributed by atoms with Crippen LogP contribution in [0.2, 0.25) is 6.55 Å². The summed E-state index contributed by atoms with van der Waals surface area (Å²) in [5.41, 5.74) is 1.28. The molecule has 4 nitrogen and oxygen atoms in total. The first-order valence-electron chi connectivity index (χ1n) is 7.25. The van der Waals surface area contributed by atoms with Gasteiger partial charge in [-0.15, -0.1) is 0 Å². The van der Waals surface area contributed by atoms with Gasteiger partial charge in [-0.2, -0.15) is 8.78 Å². The van der Waals surface area contributed by atoms with Gasteiger partial charge in [-0.1, -0.05) is 50.2 Å². The second-order valence-corrected chi connectivity index (χ2v) is 9.72. The minimum absolute atomic E-state index is 0.0146. The molecule has 1 unspecified atom stereocenters. The Labute approximate surface area is 130 Å². The van der Waals surface area contributed by atoms with Gasteiger partial charge in [0.05, 0.1) is 0 Å². The average Bonchev–Trinajstić information content (AvgIpc) is 2.45. The molecule has 0 radical (unpaired) electrons. The van der Waals surface area contributed by atoms with Gasteiger partial charge in [0.15, 0.2) is 5.53 Å². The lowest BCUT2D eigenvalue weighted by Gasteiger charge is -2.32. The highest BCUT2D eigenvalue weighted by molar-refractivity contribution is 7.05. The van der Waals surface area contributed by atoms with Gasteiger partial charge in [0.1, 0.15) is 0 Å². The summed E-state index contributed by atoms with van der Waals surface area (Å²) in [6.45, 7) is 3.07. The van der Waals surface area contributed by atoms with Gasteiger partial charge in [-0.3, -0.25) is 9.59 Å². The van der Waals surface area contributed by atoms with E-state index in [1.165, 1.54) is 6.55 Å². The number of hydrogen-bond donors (Lipinski definition) is 2. The van der Waals surface area contributed by atoms with E-state index in [2.05, 4.69) is 0 Å². The van der Waals surface area contributed by atoms with Crippen molar-refractivity contribution in [3.8, 4) is 0 Å². The molecule has 0 fully saturated rings. The molecule has 0 aliphatic heterocycles. The van der Waals surface area contributed by atoms with Crippen LogP contribution in [0.4, 0.5) is 13.6 Å². The molecule has 1 aromatic carbocycles. The van der Waals surface area contributed by atoms with Crippen molar-refractivity contribution in [1.29, 1.82) is 0 Å². The molecule has 22 heavy (non-hydrogen) atoms. The summed E-state index contributed by atoms with van der Waals surface area (Å²) in [5.74, 6) is -0.750. The van der Waals surface area contributed by atoms with Crippen LogP contribution in [-0.2, 0) is 10.8 Å². The molecule has 7 heteroatoms. The van der Waals surface area contributed by atoms with E-state index in [4.69, 9.17) is 5.73 Å². The number of benzene rings is 1. The highest BCUT2D eigenvalue weighted by Crippen LogP contribution is 2.28. The molecule has 0 bridgehead atoms. The van der Waals surface area contributed by atoms with E-state index in [0.29, 0.717) is 12.0 Å². The van der Waals surface area contributed by atoms with E-state index in [0.717, 1.165) is 6.42 Å². The third kappa shape index (κ3) is 4.36. The first-order valence-corrected chi connectivity index (χ1v) is 9.96. The number of carbonyl (C=O) groups excluding carboxylic acids is 2. The molecule has 1 rings (SSSR count). The van der Waals surface area contributed by atoms with Gasteiger partial charge >= 0.3 is 5.67 Å². The molecule has 0 saturated heterocycles. The lowest BCUT2D eigenvalue weighted by Crippen LogP contribution is -2.68. The Morgan fingerprint density at radius 2 is 1.86 bits per heavy atom. The monoisotopic (exact) mass is 328 g/mol. The summed E-state index contributed by atoms with van der Waals surface area (Å²) in [4.78, 5) is 23.3. The molecule has 0 aliphatic carbocycles. The zero-order valence-electron chi connectivity index (χ0n) is 12.9. The van der Waals surface area contributed by atoms with E-state index < -0.39 is 25.2 Å². The van der Waals surface area contributed by atoms with Gasteiger partial charge < -0.3 is 11.1 Å². The van der Waals surface area contributed by atoms with Crippen molar-refractivity contribution < 1.29 is 18.4 Å². The van der Waals surface area contributed by atoms with Crippen LogP contribution in [0.3, 0.4) is 0 Å². The quantitative estimate of drug-likeness (QED) is 0.569. The molecule has 1 aromatic rings. The predicted octanol–water partition coefficient (Wildman–Crippen LogP) is 2.95. The molecule has 1 atom stereocenters. The number of nitrogens with one attached hydrogen (secondary N) is 1. The number of unbranched alkanes of at least 4 members (excludes halogenated alkanes) is 1. The fraction of sp³-hybridized carbons (Fsp3) is 0.467. The van der Waals surface area contributed by atoms with Crippen LogP contribution in [0.1, 0.15) is 31.7 Å². The Kier molecular flexibility index (Phi) is 6.22. The van der Waals surface area contributed by atoms with Crippen molar-refractivity contribution in [1.82, 2.24) is 5.32 Å². The van der Waals surface area contributed by atoms with E-state index in [1.807, 2.05) is 6.92 Å². The van der Waals surface area contributed by atoms with Gasteiger partial charge in [0.25, 0.3) is 8.07 Å². The fourth-order valence-corrected chi connectivity index (χ4v) is 4.24. The second-order valence-electron chi connectivity index (χ2n) is 5.58. The smallest absolute Gasteiger partial charge is 0.311 e. The van der Waals surface area contributed by atoms with Crippen molar-refractivity contribution in [3.05, 3.63) is 35.9 Å². The van der Waals surface area contributed by atoms with Crippen molar-refractivity contribution in [2.45, 2.75) is 44.4 Å². The average molecular weight is 328 g/mol. The molecular weight excluding hydrogens is 306 g/mol. The van der Waals surface area contributed by atoms with Gasteiger partial charge in [0, 0.05) is 6.42 Å². The van der Waals surface area contributed by atoms with Crippen molar-refractivity contribution in [2.75, 3.05) is 0 Å². The Hall–Kier alpha value is -1.76. The summed E-state index contributed by atoms with van der Waals surface area (Å²) in [5, 5.41) is 1.72. The van der Waals surface area contributed by atoms with Crippen LogP contribution < -0.4 is 11.1 Å². The highest BCUT2D eigenvalue weighted by Gasteiger charge is 2.58. The van der Waals surface area contributed by atoms with Crippen LogP contribution in [0.5, 0.6) is 0 Å². The SMILES string of the molecule is CCCCC(=O)NC(F)(F)[Si](C)(Cc1ccccc1)C(N)=O. The maximum absolute atomic E-state index is 14.5. The minimum atomic E-state index is -3.92. The number of halogens is 2. The molecule has 3 N–H and O–H groups in total. The Bertz CT molecular complexity index is 526. The van der Waals surface area contributed by atoms with Crippen LogP contribution in [0.15, 0.2) is 30.3 Å². The first-order chi connectivity index (χ1) is 10.2. The number of alkyl halides is 2. The molecule has 0 saturated carbocycles. The van der Waals surface area contributed by atoms with Gasteiger partial charge in [0.2, 0.25) is 5.91 Å². The van der Waals surface area contributed by atoms with E-state index in [9.17, 15) is 18.4 Å². The number of primary amides is 1. The summed E-state index contributed by atoms with van der Waals surface area (Å²) in [6.07, 6.45) is 1.27. The largest absolute Gasteiger partial charge is 0.374 e. The Balaban J connectivity index is 2.96. The van der Waals surface area contributed by atoms with Crippen LogP contribution in [0, 0.1) is 0 Å². The molecular formula is C15H22F2N2O2Si. The Morgan fingerprint density at radius 3 is 2.36 bits per heavy atom. The molecule has 0 heterocycles. The number of carbonyl (C=O) groups is 2. The topological polar surface area (TPSA) is 72.2 Å². The lowest BCUT2D eigenvalue weighted by atomic mass is 10.2. The third-order valence-electron chi connectivity index (χ3n) is 3.69. The maximum Gasteiger partial charge on any atom is 0.311 e. The standard InChI is InChI=1S/C15H22F2N2O2Si/c1-3-4-10-13(20)19-15(16,17)22(2,14(18)21)11-12-8-6-5-7-9-12/h5-9H,3-4,10-11H2,1-2H3,(H2,18,21)(H,19,20). The molecule has 2 amide bonds. The van der Waals surface area contributed by atoms with Crippen LogP contribution in [-0.4, -0.2) is 25.2 Å². The van der Waals surface area contributed by atoms with Crippen molar-refractivity contribution in [2.24, 2.45) is 5.73 Å². The Morgan fingerprint density at radius 1 is 1.27 bits per heavy atom. The normalized spacial score (nSPS) is 14.2. The minimum Gasteiger partial charge on any atom is -0.374 e. The fourth-order valence-electron chi connectivity index (χ4n) is 2.07. The van der Waals surface area contributed by atoms with E-state index in [-0.39, 0.29) is 12.5 Å². The number of amides is 2. The summed E-state index contributed by atoms with van der Waals surface area (Å²) >= 11 is 0. The molecule has 122 valence electrons. The predicted molar refractivity (Wildman–Crippen MR) is 84.0 cm³/mol. The first kappa shape index (κ1) is 18.3. The van der Waals surface area contributed by atoms with Crippen LogP contribution >= 0.6 is 0 Å². The summed E-state index contributed by atoms with van der Waals surface area (Å²) in [7, 11) is -3.92. The zero-order valence-corrected chi connectivity index (χ0v) is 13.9. The van der Waals surface area contributed by atoms with Crippen molar-refractivity contribution in [3.63, 3.8) is 0 Å². The summed E-state index contributed by atoms with van der Waals surface area (Å²) in [6, 6.07) is 8.40. The van der Waals surface area contributed by atoms with Gasteiger partial charge in [-0.05, 0) is 18.0 Å². The van der Waals surface area contributed by atoms with E-state index in [1.54, 1.807) is 35.6 Å². The lowest BCUT2D eigenvalue weighted by molar-refractivity contribution is -0.127. The second kappa shape index (κ2) is 7.48. The number of rotatable bonds is 8. The van der Waals surface area contributed by atoms with Gasteiger partial charge in [-0.25, -0.2) is 0 Å². The molecule has 0 spiro atoms. The number of hydrogen-bond acceptors (Lipinski definition) is 2. The van der Waals surface area contributed by atoms with Crippen molar-refractivity contribution >= 4 is 19.5 Å². The highest BCUT2D eigenvalue weighted by atomic mass is 28.3. The molecule has 0 aromatic heterocycles.